The van der Waals surface area contributed by atoms with Crippen molar-refractivity contribution in [3.05, 3.63) is 43.9 Å². The van der Waals surface area contributed by atoms with Crippen LogP contribution in [0.15, 0.2) is 29.6 Å². The molecular formula is C11H11IN2S. The molecule has 0 radical (unpaired) electrons. The molecule has 2 aromatic rings. The van der Waals surface area contributed by atoms with Crippen molar-refractivity contribution in [1.82, 2.24) is 4.98 Å². The van der Waals surface area contributed by atoms with E-state index in [1.54, 1.807) is 11.3 Å². The quantitative estimate of drug-likeness (QED) is 0.869. The van der Waals surface area contributed by atoms with Crippen LogP contribution in [0, 0.1) is 10.5 Å². The van der Waals surface area contributed by atoms with Crippen LogP contribution in [0.25, 0.3) is 0 Å². The first-order valence-corrected chi connectivity index (χ1v) is 6.60. The Morgan fingerprint density at radius 3 is 3.00 bits per heavy atom. The lowest BCUT2D eigenvalue weighted by molar-refractivity contribution is 1.08. The maximum atomic E-state index is 4.40. The maximum Gasteiger partial charge on any atom is 0.112 e. The molecule has 0 aliphatic heterocycles. The third kappa shape index (κ3) is 3.17. The molecule has 0 saturated heterocycles. The van der Waals surface area contributed by atoms with Crippen LogP contribution in [0.5, 0.6) is 0 Å². The van der Waals surface area contributed by atoms with E-state index < -0.39 is 0 Å². The molecule has 1 N–H and O–H groups in total. The monoisotopic (exact) mass is 330 g/mol. The highest BCUT2D eigenvalue weighted by atomic mass is 127. The Hall–Kier alpha value is -0.620. The van der Waals surface area contributed by atoms with Gasteiger partial charge in [0.2, 0.25) is 0 Å². The molecule has 2 rings (SSSR count). The molecule has 1 aromatic heterocycles. The molecule has 78 valence electrons. The minimum atomic E-state index is 0.804. The van der Waals surface area contributed by atoms with Crippen molar-refractivity contribution in [2.24, 2.45) is 0 Å². The fraction of sp³-hybridized carbons (Fsp3) is 0.182. The lowest BCUT2D eigenvalue weighted by Crippen LogP contribution is -1.98. The molecule has 0 aliphatic carbocycles. The topological polar surface area (TPSA) is 24.9 Å². The van der Waals surface area contributed by atoms with Crippen LogP contribution < -0.4 is 5.32 Å². The third-order valence-corrected chi connectivity index (χ3v) is 3.57. The number of halogens is 1. The van der Waals surface area contributed by atoms with Gasteiger partial charge in [-0.15, -0.1) is 11.3 Å². The van der Waals surface area contributed by atoms with Crippen LogP contribution in [-0.2, 0) is 6.54 Å². The Bertz CT molecular complexity index is 453. The number of rotatable bonds is 3. The average molecular weight is 330 g/mol. The Balaban J connectivity index is 1.99. The molecule has 0 saturated carbocycles. The largest absolute Gasteiger partial charge is 0.378 e. The zero-order chi connectivity index (χ0) is 10.7. The first-order chi connectivity index (χ1) is 7.24. The second kappa shape index (κ2) is 4.94. The van der Waals surface area contributed by atoms with Crippen molar-refractivity contribution >= 4 is 39.6 Å². The van der Waals surface area contributed by atoms with Crippen molar-refractivity contribution in [2.45, 2.75) is 13.5 Å². The first-order valence-electron chi connectivity index (χ1n) is 4.64. The second-order valence-corrected chi connectivity index (χ2v) is 5.43. The lowest BCUT2D eigenvalue weighted by atomic mass is 10.3. The molecule has 0 atom stereocenters. The Labute approximate surface area is 107 Å². The van der Waals surface area contributed by atoms with Crippen LogP contribution in [0.3, 0.4) is 0 Å². The highest BCUT2D eigenvalue weighted by Crippen LogP contribution is 2.15. The van der Waals surface area contributed by atoms with Gasteiger partial charge in [-0.1, -0.05) is 6.07 Å². The molecule has 4 heteroatoms. The van der Waals surface area contributed by atoms with Gasteiger partial charge in [-0.05, 0) is 47.7 Å². The number of hydrogen-bond acceptors (Lipinski definition) is 3. The highest BCUT2D eigenvalue weighted by Gasteiger charge is 1.98. The minimum absolute atomic E-state index is 0.804. The zero-order valence-corrected chi connectivity index (χ0v) is 11.3. The average Bonchev–Trinajstić information content (AvgIpc) is 2.62. The van der Waals surface area contributed by atoms with Crippen molar-refractivity contribution < 1.29 is 0 Å². The van der Waals surface area contributed by atoms with E-state index in [2.05, 4.69) is 62.5 Å². The van der Waals surface area contributed by atoms with Gasteiger partial charge in [0.1, 0.15) is 5.01 Å². The number of benzene rings is 1. The fourth-order valence-corrected chi connectivity index (χ4v) is 2.51. The summed E-state index contributed by atoms with van der Waals surface area (Å²) in [5.41, 5.74) is 2.24. The van der Waals surface area contributed by atoms with E-state index >= 15 is 0 Å². The molecule has 15 heavy (non-hydrogen) atoms. The summed E-state index contributed by atoms with van der Waals surface area (Å²) in [6, 6.07) is 8.33. The van der Waals surface area contributed by atoms with Crippen LogP contribution in [-0.4, -0.2) is 4.98 Å². The van der Waals surface area contributed by atoms with Crippen LogP contribution in [0.2, 0.25) is 0 Å². The van der Waals surface area contributed by atoms with Crippen LogP contribution in [0.1, 0.15) is 10.7 Å². The smallest absolute Gasteiger partial charge is 0.112 e. The molecule has 0 fully saturated rings. The number of nitrogens with zero attached hydrogens (tertiary/aromatic N) is 1. The molecule has 0 bridgehead atoms. The number of hydrogen-bond donors (Lipinski definition) is 1. The van der Waals surface area contributed by atoms with Crippen molar-refractivity contribution in [1.29, 1.82) is 0 Å². The van der Waals surface area contributed by atoms with Gasteiger partial charge < -0.3 is 5.32 Å². The normalized spacial score (nSPS) is 10.3. The number of anilines is 1. The van der Waals surface area contributed by atoms with E-state index in [0.717, 1.165) is 22.9 Å². The molecule has 1 aromatic carbocycles. The van der Waals surface area contributed by atoms with Crippen molar-refractivity contribution in [2.75, 3.05) is 5.32 Å². The summed E-state index contributed by atoms with van der Waals surface area (Å²) in [4.78, 5) is 4.40. The van der Waals surface area contributed by atoms with Gasteiger partial charge >= 0.3 is 0 Å². The van der Waals surface area contributed by atoms with E-state index in [1.807, 2.05) is 6.92 Å². The third-order valence-electron chi connectivity index (χ3n) is 1.93. The van der Waals surface area contributed by atoms with E-state index in [-0.39, 0.29) is 0 Å². The number of nitrogens with one attached hydrogen (secondary N) is 1. The summed E-state index contributed by atoms with van der Waals surface area (Å²) >= 11 is 4.01. The Morgan fingerprint density at radius 2 is 2.33 bits per heavy atom. The number of thiazole rings is 1. The van der Waals surface area contributed by atoms with Crippen molar-refractivity contribution in [3.63, 3.8) is 0 Å². The molecule has 0 unspecified atom stereocenters. The molecule has 0 aliphatic rings. The van der Waals surface area contributed by atoms with Gasteiger partial charge in [0.05, 0.1) is 6.54 Å². The van der Waals surface area contributed by atoms with Crippen LogP contribution in [0.4, 0.5) is 5.69 Å². The molecule has 0 spiro atoms. The van der Waals surface area contributed by atoms with Gasteiger partial charge in [-0.3, -0.25) is 0 Å². The van der Waals surface area contributed by atoms with E-state index in [1.165, 1.54) is 3.57 Å². The molecule has 0 amide bonds. The highest BCUT2D eigenvalue weighted by molar-refractivity contribution is 14.1. The Morgan fingerprint density at radius 1 is 1.47 bits per heavy atom. The maximum absolute atomic E-state index is 4.40. The molecule has 2 nitrogen and oxygen atoms in total. The zero-order valence-electron chi connectivity index (χ0n) is 8.33. The summed E-state index contributed by atoms with van der Waals surface area (Å²) < 4.78 is 1.24. The van der Waals surface area contributed by atoms with Gasteiger partial charge in [-0.2, -0.15) is 0 Å². The molecule has 1 heterocycles. The predicted molar refractivity (Wildman–Crippen MR) is 73.3 cm³/mol. The SMILES string of the molecule is Cc1csc(CNc2cccc(I)c2)n1. The standard InChI is InChI=1S/C11H11IN2S/c1-8-7-15-11(14-8)6-13-10-4-2-3-9(12)5-10/h2-5,7,13H,6H2,1H3. The minimum Gasteiger partial charge on any atom is -0.378 e. The summed E-state index contributed by atoms with van der Waals surface area (Å²) in [5, 5.41) is 6.56. The van der Waals surface area contributed by atoms with Crippen LogP contribution >= 0.6 is 33.9 Å². The molecular weight excluding hydrogens is 319 g/mol. The summed E-state index contributed by atoms with van der Waals surface area (Å²) in [6.45, 7) is 2.82. The van der Waals surface area contributed by atoms with Crippen molar-refractivity contribution in [3.8, 4) is 0 Å². The van der Waals surface area contributed by atoms with Gasteiger partial charge in [0.25, 0.3) is 0 Å². The van der Waals surface area contributed by atoms with Gasteiger partial charge in [0, 0.05) is 20.3 Å². The van der Waals surface area contributed by atoms with Gasteiger partial charge in [-0.25, -0.2) is 4.98 Å². The summed E-state index contributed by atoms with van der Waals surface area (Å²) in [5.74, 6) is 0. The Kier molecular flexibility index (Phi) is 3.58. The lowest BCUT2D eigenvalue weighted by Gasteiger charge is -2.03. The van der Waals surface area contributed by atoms with E-state index in [0.29, 0.717) is 0 Å². The summed E-state index contributed by atoms with van der Waals surface area (Å²) in [6.07, 6.45) is 0. The van der Waals surface area contributed by atoms with E-state index in [4.69, 9.17) is 0 Å². The first kappa shape index (κ1) is 10.9. The number of aryl methyl sites for hydroxylation is 1. The summed E-state index contributed by atoms with van der Waals surface area (Å²) in [7, 11) is 0. The predicted octanol–water partition coefficient (Wildman–Crippen LogP) is 3.67. The number of aromatic nitrogens is 1. The fourth-order valence-electron chi connectivity index (χ4n) is 1.26. The second-order valence-electron chi connectivity index (χ2n) is 3.25. The van der Waals surface area contributed by atoms with E-state index in [9.17, 15) is 0 Å². The van der Waals surface area contributed by atoms with Gasteiger partial charge in [0.15, 0.2) is 0 Å².